The zero-order valence-corrected chi connectivity index (χ0v) is 13.5. The fraction of sp³-hybridized carbons (Fsp3) is 0.188. The summed E-state index contributed by atoms with van der Waals surface area (Å²) in [6, 6.07) is 11.9. The monoisotopic (exact) mass is 374 g/mol. The van der Waals surface area contributed by atoms with Crippen LogP contribution >= 0.6 is 11.8 Å². The maximum absolute atomic E-state index is 12.5. The van der Waals surface area contributed by atoms with Crippen LogP contribution in [0.2, 0.25) is 0 Å². The largest absolute Gasteiger partial charge is 0.435 e. The minimum Gasteiger partial charge on any atom is -0.435 e. The van der Waals surface area contributed by atoms with E-state index < -0.39 is 18.3 Å². The van der Waals surface area contributed by atoms with Crippen molar-refractivity contribution in [3.63, 3.8) is 0 Å². The van der Waals surface area contributed by atoms with Crippen molar-refractivity contribution in [2.75, 3.05) is 17.2 Å². The van der Waals surface area contributed by atoms with Crippen LogP contribution in [0.5, 0.6) is 5.75 Å². The molecule has 0 aliphatic carbocycles. The number of hydrogen-bond donors (Lipinski definition) is 2. The lowest BCUT2D eigenvalue weighted by atomic mass is 10.3. The van der Waals surface area contributed by atoms with Crippen molar-refractivity contribution in [1.29, 1.82) is 0 Å². The van der Waals surface area contributed by atoms with Crippen LogP contribution in [0.15, 0.2) is 53.4 Å². The zero-order valence-electron chi connectivity index (χ0n) is 12.7. The topological polar surface area (TPSA) is 50.4 Å². The molecule has 2 aromatic carbocycles. The van der Waals surface area contributed by atoms with Crippen LogP contribution < -0.4 is 15.4 Å². The highest BCUT2D eigenvalue weighted by Crippen LogP contribution is 2.31. The molecule has 2 aromatic rings. The Kier molecular flexibility index (Phi) is 6.93. The molecule has 1 amide bonds. The van der Waals surface area contributed by atoms with Gasteiger partial charge in [-0.2, -0.15) is 17.6 Å². The molecule has 0 spiro atoms. The molecule has 0 unspecified atom stereocenters. The summed E-state index contributed by atoms with van der Waals surface area (Å²) < 4.78 is 53.3. The van der Waals surface area contributed by atoms with E-state index in [2.05, 4.69) is 15.4 Å². The molecule has 134 valence electrons. The number of rotatable bonds is 8. The van der Waals surface area contributed by atoms with Crippen LogP contribution in [-0.2, 0) is 4.79 Å². The zero-order chi connectivity index (χ0) is 18.2. The van der Waals surface area contributed by atoms with E-state index in [1.165, 1.54) is 36.4 Å². The van der Waals surface area contributed by atoms with E-state index >= 15 is 0 Å². The molecule has 0 fully saturated rings. The average Bonchev–Trinajstić information content (AvgIpc) is 2.55. The Morgan fingerprint density at radius 1 is 1.04 bits per heavy atom. The second kappa shape index (κ2) is 9.16. The fourth-order valence-electron chi connectivity index (χ4n) is 1.90. The molecular weight excluding hydrogens is 360 g/mol. The lowest BCUT2D eigenvalue weighted by molar-refractivity contribution is -0.114. The highest BCUT2D eigenvalue weighted by molar-refractivity contribution is 7.99. The number of alkyl halides is 4. The van der Waals surface area contributed by atoms with E-state index in [1.807, 2.05) is 0 Å². The second-order valence-electron chi connectivity index (χ2n) is 4.68. The summed E-state index contributed by atoms with van der Waals surface area (Å²) in [5.74, 6) is -3.02. The SMILES string of the molecule is O=C(CNc1ccc(OC(F)F)cc1)Nc1ccccc1SC(F)F. The van der Waals surface area contributed by atoms with Gasteiger partial charge < -0.3 is 15.4 Å². The molecule has 0 aromatic heterocycles. The highest BCUT2D eigenvalue weighted by atomic mass is 32.2. The Morgan fingerprint density at radius 2 is 1.72 bits per heavy atom. The Bertz CT molecular complexity index is 699. The molecule has 0 radical (unpaired) electrons. The quantitative estimate of drug-likeness (QED) is 0.522. The van der Waals surface area contributed by atoms with Crippen molar-refractivity contribution in [2.45, 2.75) is 17.3 Å². The Morgan fingerprint density at radius 3 is 2.36 bits per heavy atom. The summed E-state index contributed by atoms with van der Waals surface area (Å²) in [4.78, 5) is 12.2. The van der Waals surface area contributed by atoms with Crippen LogP contribution in [0.4, 0.5) is 28.9 Å². The number of para-hydroxylation sites is 1. The molecule has 0 saturated carbocycles. The summed E-state index contributed by atoms with van der Waals surface area (Å²) >= 11 is 0.344. The minimum absolute atomic E-state index is 0.00273. The molecule has 9 heteroatoms. The maximum atomic E-state index is 12.5. The van der Waals surface area contributed by atoms with Gasteiger partial charge in [-0.15, -0.1) is 0 Å². The van der Waals surface area contributed by atoms with Gasteiger partial charge in [-0.3, -0.25) is 4.79 Å². The molecule has 0 saturated heterocycles. The van der Waals surface area contributed by atoms with Crippen LogP contribution in [0.3, 0.4) is 0 Å². The number of carbonyl (C=O) groups excluding carboxylic acids is 1. The van der Waals surface area contributed by atoms with Gasteiger partial charge >= 0.3 is 6.61 Å². The smallest absolute Gasteiger partial charge is 0.387 e. The predicted octanol–water partition coefficient (Wildman–Crippen LogP) is 4.65. The van der Waals surface area contributed by atoms with Crippen molar-refractivity contribution in [2.24, 2.45) is 0 Å². The summed E-state index contributed by atoms with van der Waals surface area (Å²) in [7, 11) is 0. The number of thioether (sulfide) groups is 1. The van der Waals surface area contributed by atoms with E-state index in [0.717, 1.165) is 0 Å². The molecule has 2 N–H and O–H groups in total. The Hall–Kier alpha value is -2.42. The van der Waals surface area contributed by atoms with Gasteiger partial charge in [0.25, 0.3) is 5.76 Å². The first-order chi connectivity index (χ1) is 11.9. The van der Waals surface area contributed by atoms with E-state index in [1.54, 1.807) is 12.1 Å². The minimum atomic E-state index is -2.91. The average molecular weight is 374 g/mol. The second-order valence-corrected chi connectivity index (χ2v) is 5.71. The maximum Gasteiger partial charge on any atom is 0.387 e. The van der Waals surface area contributed by atoms with Crippen LogP contribution in [0.25, 0.3) is 0 Å². The number of nitrogens with one attached hydrogen (secondary N) is 2. The van der Waals surface area contributed by atoms with Gasteiger partial charge in [-0.05, 0) is 36.4 Å². The molecule has 25 heavy (non-hydrogen) atoms. The normalized spacial score (nSPS) is 10.8. The van der Waals surface area contributed by atoms with Gasteiger partial charge in [0.2, 0.25) is 5.91 Å². The van der Waals surface area contributed by atoms with Gasteiger partial charge in [-0.25, -0.2) is 0 Å². The third-order valence-corrected chi connectivity index (χ3v) is 3.70. The first kappa shape index (κ1) is 18.9. The number of anilines is 2. The lowest BCUT2D eigenvalue weighted by Crippen LogP contribution is -2.22. The fourth-order valence-corrected chi connectivity index (χ4v) is 2.49. The molecule has 0 aliphatic heterocycles. The van der Waals surface area contributed by atoms with E-state index in [4.69, 9.17) is 0 Å². The Balaban J connectivity index is 1.89. The third-order valence-electron chi connectivity index (χ3n) is 2.91. The highest BCUT2D eigenvalue weighted by Gasteiger charge is 2.11. The van der Waals surface area contributed by atoms with Crippen molar-refractivity contribution in [3.05, 3.63) is 48.5 Å². The van der Waals surface area contributed by atoms with Crippen LogP contribution in [-0.4, -0.2) is 24.8 Å². The lowest BCUT2D eigenvalue weighted by Gasteiger charge is -2.11. The van der Waals surface area contributed by atoms with Gasteiger partial charge in [-0.1, -0.05) is 23.9 Å². The summed E-state index contributed by atoms with van der Waals surface area (Å²) in [5, 5.41) is 5.34. The number of ether oxygens (including phenoxy) is 1. The molecule has 0 heterocycles. The van der Waals surface area contributed by atoms with Crippen LogP contribution in [0.1, 0.15) is 0 Å². The summed E-state index contributed by atoms with van der Waals surface area (Å²) in [6.45, 7) is -3.03. The Labute approximate surface area is 145 Å². The molecular formula is C16H14F4N2O2S. The van der Waals surface area contributed by atoms with Crippen molar-refractivity contribution in [3.8, 4) is 5.75 Å². The predicted molar refractivity (Wildman–Crippen MR) is 88.5 cm³/mol. The number of benzene rings is 2. The first-order valence-corrected chi connectivity index (χ1v) is 7.94. The number of halogens is 4. The number of carbonyl (C=O) groups is 1. The number of amides is 1. The van der Waals surface area contributed by atoms with Crippen molar-refractivity contribution in [1.82, 2.24) is 0 Å². The van der Waals surface area contributed by atoms with Gasteiger partial charge in [0.05, 0.1) is 12.2 Å². The van der Waals surface area contributed by atoms with E-state index in [9.17, 15) is 22.4 Å². The van der Waals surface area contributed by atoms with Gasteiger partial charge in [0.15, 0.2) is 0 Å². The van der Waals surface area contributed by atoms with E-state index in [0.29, 0.717) is 23.1 Å². The van der Waals surface area contributed by atoms with Crippen LogP contribution in [0, 0.1) is 0 Å². The third kappa shape index (κ3) is 6.54. The molecule has 0 atom stereocenters. The standard InChI is InChI=1S/C16H14F4N2O2S/c17-15(18)24-11-7-5-10(6-8-11)21-9-14(23)22-12-3-1-2-4-13(12)25-16(19)20/h1-8,15-16,21H,9H2,(H,22,23). The van der Waals surface area contributed by atoms with Crippen molar-refractivity contribution < 1.29 is 27.1 Å². The number of hydrogen-bond acceptors (Lipinski definition) is 4. The van der Waals surface area contributed by atoms with Gasteiger partial charge in [0.1, 0.15) is 5.75 Å². The molecule has 0 aliphatic rings. The molecule has 2 rings (SSSR count). The summed E-state index contributed by atoms with van der Waals surface area (Å²) in [5.41, 5.74) is 0.812. The molecule has 0 bridgehead atoms. The van der Waals surface area contributed by atoms with Crippen molar-refractivity contribution >= 4 is 29.0 Å². The first-order valence-electron chi connectivity index (χ1n) is 7.06. The van der Waals surface area contributed by atoms with Gasteiger partial charge in [0, 0.05) is 10.6 Å². The molecule has 4 nitrogen and oxygen atoms in total. The summed E-state index contributed by atoms with van der Waals surface area (Å²) in [6.07, 6.45) is 0. The van der Waals surface area contributed by atoms with E-state index in [-0.39, 0.29) is 17.2 Å².